The van der Waals surface area contributed by atoms with Crippen molar-refractivity contribution in [1.82, 2.24) is 4.98 Å². The number of nitrogens with zero attached hydrogens (tertiary/aromatic N) is 1. The maximum Gasteiger partial charge on any atom is 0.255 e. The maximum atomic E-state index is 12.2. The van der Waals surface area contributed by atoms with Crippen molar-refractivity contribution < 1.29 is 9.90 Å². The van der Waals surface area contributed by atoms with Gasteiger partial charge in [0.2, 0.25) is 0 Å². The Hall–Kier alpha value is -2.64. The predicted molar refractivity (Wildman–Crippen MR) is 82.0 cm³/mol. The van der Waals surface area contributed by atoms with E-state index in [1.54, 1.807) is 24.5 Å². The van der Waals surface area contributed by atoms with E-state index in [1.165, 1.54) is 0 Å². The summed E-state index contributed by atoms with van der Waals surface area (Å²) in [6.07, 6.45) is 3.56. The van der Waals surface area contributed by atoms with Crippen LogP contribution in [0.5, 0.6) is 0 Å². The van der Waals surface area contributed by atoms with Crippen molar-refractivity contribution in [3.8, 4) is 11.8 Å². The molecule has 21 heavy (non-hydrogen) atoms. The fourth-order valence-corrected chi connectivity index (χ4v) is 1.78. The van der Waals surface area contributed by atoms with Crippen LogP contribution in [-0.2, 0) is 0 Å². The zero-order valence-electron chi connectivity index (χ0n) is 11.8. The molecule has 0 atom stereocenters. The molecule has 1 amide bonds. The lowest BCUT2D eigenvalue weighted by Crippen LogP contribution is -2.12. The number of hydrogen-bond donors (Lipinski definition) is 2. The molecule has 2 N–H and O–H groups in total. The molecular formula is C17H16N2O2. The third-order valence-electron chi connectivity index (χ3n) is 2.83. The quantitative estimate of drug-likeness (QED) is 0.849. The van der Waals surface area contributed by atoms with E-state index in [0.29, 0.717) is 17.7 Å². The smallest absolute Gasteiger partial charge is 0.255 e. The second-order valence-electron chi connectivity index (χ2n) is 4.51. The summed E-state index contributed by atoms with van der Waals surface area (Å²) in [4.78, 5) is 16.0. The van der Waals surface area contributed by atoms with Crippen LogP contribution < -0.4 is 5.32 Å². The van der Waals surface area contributed by atoms with Crippen LogP contribution >= 0.6 is 0 Å². The first-order valence-electron chi connectivity index (χ1n) is 6.62. The Morgan fingerprint density at radius 1 is 1.29 bits per heavy atom. The Morgan fingerprint density at radius 3 is 2.76 bits per heavy atom. The van der Waals surface area contributed by atoms with Gasteiger partial charge in [0.05, 0.1) is 12.3 Å². The van der Waals surface area contributed by atoms with Gasteiger partial charge in [-0.25, -0.2) is 0 Å². The summed E-state index contributed by atoms with van der Waals surface area (Å²) < 4.78 is 0. The Morgan fingerprint density at radius 2 is 2.05 bits per heavy atom. The number of nitrogens with one attached hydrogen (secondary N) is 1. The van der Waals surface area contributed by atoms with Crippen LogP contribution in [0.3, 0.4) is 0 Å². The van der Waals surface area contributed by atoms with Gasteiger partial charge in [0, 0.05) is 29.9 Å². The molecule has 2 rings (SSSR count). The fourth-order valence-electron chi connectivity index (χ4n) is 1.78. The molecule has 1 aromatic heterocycles. The summed E-state index contributed by atoms with van der Waals surface area (Å²) >= 11 is 0. The van der Waals surface area contributed by atoms with Crippen LogP contribution in [0, 0.1) is 18.8 Å². The molecule has 0 aliphatic heterocycles. The SMILES string of the molecule is Cc1ccc(NC(=O)c2ccncc2)c(C#CCCO)c1. The lowest BCUT2D eigenvalue weighted by Gasteiger charge is -2.08. The molecule has 106 valence electrons. The number of amides is 1. The normalized spacial score (nSPS) is 9.62. The molecule has 4 nitrogen and oxygen atoms in total. The minimum atomic E-state index is -0.202. The number of carbonyl (C=O) groups is 1. The number of rotatable bonds is 3. The van der Waals surface area contributed by atoms with Gasteiger partial charge in [-0.3, -0.25) is 9.78 Å². The van der Waals surface area contributed by atoms with Crippen LogP contribution in [0.1, 0.15) is 27.9 Å². The lowest BCUT2D eigenvalue weighted by atomic mass is 10.1. The van der Waals surface area contributed by atoms with Gasteiger partial charge in [-0.05, 0) is 36.8 Å². The van der Waals surface area contributed by atoms with Crippen molar-refractivity contribution in [2.45, 2.75) is 13.3 Å². The van der Waals surface area contributed by atoms with Gasteiger partial charge in [0.1, 0.15) is 0 Å². The minimum absolute atomic E-state index is 0.0253. The number of hydrogen-bond acceptors (Lipinski definition) is 3. The number of aryl methyl sites for hydroxylation is 1. The van der Waals surface area contributed by atoms with E-state index in [1.807, 2.05) is 25.1 Å². The summed E-state index contributed by atoms with van der Waals surface area (Å²) in [5.74, 6) is 5.64. The third kappa shape index (κ3) is 4.16. The molecule has 0 bridgehead atoms. The molecule has 0 spiro atoms. The van der Waals surface area contributed by atoms with Crippen molar-refractivity contribution in [2.75, 3.05) is 11.9 Å². The van der Waals surface area contributed by atoms with Gasteiger partial charge in [0.15, 0.2) is 0 Å². The van der Waals surface area contributed by atoms with Crippen LogP contribution in [0.4, 0.5) is 5.69 Å². The van der Waals surface area contributed by atoms with E-state index in [9.17, 15) is 4.79 Å². The Balaban J connectivity index is 2.24. The first kappa shape index (κ1) is 14.8. The molecule has 0 radical (unpaired) electrons. The minimum Gasteiger partial charge on any atom is -0.395 e. The molecular weight excluding hydrogens is 264 g/mol. The first-order valence-corrected chi connectivity index (χ1v) is 6.62. The zero-order chi connectivity index (χ0) is 15.1. The Kier molecular flexibility index (Phi) is 5.08. The number of anilines is 1. The summed E-state index contributed by atoms with van der Waals surface area (Å²) in [6, 6.07) is 8.96. The molecule has 2 aromatic rings. The largest absolute Gasteiger partial charge is 0.395 e. The highest BCUT2D eigenvalue weighted by Gasteiger charge is 2.08. The van der Waals surface area contributed by atoms with E-state index >= 15 is 0 Å². The van der Waals surface area contributed by atoms with Gasteiger partial charge < -0.3 is 10.4 Å². The molecule has 0 saturated carbocycles. The van der Waals surface area contributed by atoms with Gasteiger partial charge in [-0.1, -0.05) is 17.9 Å². The van der Waals surface area contributed by atoms with Gasteiger partial charge in [-0.2, -0.15) is 0 Å². The van der Waals surface area contributed by atoms with Gasteiger partial charge >= 0.3 is 0 Å². The average Bonchev–Trinajstić information content (AvgIpc) is 2.51. The standard InChI is InChI=1S/C17H16N2O2/c1-13-5-6-16(15(12-13)4-2-3-11-20)19-17(21)14-7-9-18-10-8-14/h5-10,12,20H,3,11H2,1H3,(H,19,21). The summed E-state index contributed by atoms with van der Waals surface area (Å²) in [5.41, 5.74) is 3.00. The molecule has 0 aliphatic carbocycles. The summed E-state index contributed by atoms with van der Waals surface area (Å²) in [6.45, 7) is 1.99. The molecule has 0 fully saturated rings. The molecule has 1 aromatic carbocycles. The highest BCUT2D eigenvalue weighted by molar-refractivity contribution is 6.04. The summed E-state index contributed by atoms with van der Waals surface area (Å²) in [5, 5.41) is 11.6. The van der Waals surface area contributed by atoms with Crippen molar-refractivity contribution in [3.05, 3.63) is 59.4 Å². The van der Waals surface area contributed by atoms with E-state index in [2.05, 4.69) is 22.1 Å². The fraction of sp³-hybridized carbons (Fsp3) is 0.176. The van der Waals surface area contributed by atoms with Crippen LogP contribution in [-0.4, -0.2) is 22.6 Å². The van der Waals surface area contributed by atoms with Gasteiger partial charge in [0.25, 0.3) is 5.91 Å². The number of pyridine rings is 1. The van der Waals surface area contributed by atoms with Gasteiger partial charge in [-0.15, -0.1) is 0 Å². The molecule has 0 unspecified atom stereocenters. The second-order valence-corrected chi connectivity index (χ2v) is 4.51. The maximum absolute atomic E-state index is 12.2. The van der Waals surface area contributed by atoms with E-state index in [-0.39, 0.29) is 12.5 Å². The summed E-state index contributed by atoms with van der Waals surface area (Å²) in [7, 11) is 0. The lowest BCUT2D eigenvalue weighted by molar-refractivity contribution is 0.102. The van der Waals surface area contributed by atoms with E-state index in [0.717, 1.165) is 11.1 Å². The molecule has 1 heterocycles. The highest BCUT2D eigenvalue weighted by Crippen LogP contribution is 2.17. The van der Waals surface area contributed by atoms with E-state index < -0.39 is 0 Å². The second kappa shape index (κ2) is 7.22. The predicted octanol–water partition coefficient (Wildman–Crippen LogP) is 2.38. The average molecular weight is 280 g/mol. The van der Waals surface area contributed by atoms with E-state index in [4.69, 9.17) is 5.11 Å². The van der Waals surface area contributed by atoms with Crippen LogP contribution in [0.25, 0.3) is 0 Å². The molecule has 0 saturated heterocycles. The van der Waals surface area contributed by atoms with Crippen LogP contribution in [0.15, 0.2) is 42.7 Å². The van der Waals surface area contributed by atoms with Crippen molar-refractivity contribution in [2.24, 2.45) is 0 Å². The molecule has 0 aliphatic rings. The number of aromatic nitrogens is 1. The van der Waals surface area contributed by atoms with Crippen molar-refractivity contribution in [3.63, 3.8) is 0 Å². The number of aliphatic hydroxyl groups excluding tert-OH is 1. The number of aliphatic hydroxyl groups is 1. The van der Waals surface area contributed by atoms with Crippen molar-refractivity contribution >= 4 is 11.6 Å². The monoisotopic (exact) mass is 280 g/mol. The zero-order valence-corrected chi connectivity index (χ0v) is 11.8. The Bertz CT molecular complexity index is 685. The number of benzene rings is 1. The Labute approximate surface area is 123 Å². The third-order valence-corrected chi connectivity index (χ3v) is 2.83. The highest BCUT2D eigenvalue weighted by atomic mass is 16.2. The van der Waals surface area contributed by atoms with Crippen LogP contribution in [0.2, 0.25) is 0 Å². The number of carbonyl (C=O) groups excluding carboxylic acids is 1. The first-order chi connectivity index (χ1) is 10.2. The van der Waals surface area contributed by atoms with Crippen molar-refractivity contribution in [1.29, 1.82) is 0 Å². The topological polar surface area (TPSA) is 62.2 Å². The molecule has 4 heteroatoms.